The quantitative estimate of drug-likeness (QED) is 0.660. The van der Waals surface area contributed by atoms with Gasteiger partial charge in [-0.05, 0) is 12.1 Å². The molecule has 3 N–H and O–H groups in total. The highest BCUT2D eigenvalue weighted by Crippen LogP contribution is 2.07. The molecule has 0 spiro atoms. The molecule has 1 aromatic rings. The van der Waals surface area contributed by atoms with Gasteiger partial charge in [-0.3, -0.25) is 0 Å². The molecule has 0 aliphatic rings. The molecule has 0 aromatic heterocycles. The first-order valence-corrected chi connectivity index (χ1v) is 4.96. The van der Waals surface area contributed by atoms with Gasteiger partial charge in [-0.1, -0.05) is 18.2 Å². The van der Waals surface area contributed by atoms with Gasteiger partial charge in [0, 0.05) is 6.54 Å². The van der Waals surface area contributed by atoms with Gasteiger partial charge in [0.1, 0.15) is 12.4 Å². The maximum absolute atomic E-state index is 10.5. The number of carboxylic acids is 1. The second kappa shape index (κ2) is 6.81. The average molecular weight is 225 g/mol. The third kappa shape index (κ3) is 4.29. The first-order chi connectivity index (χ1) is 7.74. The van der Waals surface area contributed by atoms with Crippen molar-refractivity contribution in [2.45, 2.75) is 6.10 Å². The largest absolute Gasteiger partial charge is 0.491 e. The maximum Gasteiger partial charge on any atom is 0.334 e. The molecule has 0 aliphatic heterocycles. The third-order valence-corrected chi connectivity index (χ3v) is 1.90. The highest BCUT2D eigenvalue weighted by atomic mass is 16.5. The predicted molar refractivity (Wildman–Crippen MR) is 58.4 cm³/mol. The summed E-state index contributed by atoms with van der Waals surface area (Å²) in [5.74, 6) is -0.326. The van der Waals surface area contributed by atoms with Crippen molar-refractivity contribution >= 4 is 5.97 Å². The minimum absolute atomic E-state index is 0.0410. The normalized spacial score (nSPS) is 12.1. The topological polar surface area (TPSA) is 81.8 Å². The van der Waals surface area contributed by atoms with Gasteiger partial charge in [-0.25, -0.2) is 4.79 Å². The van der Waals surface area contributed by atoms with Gasteiger partial charge in [0.2, 0.25) is 0 Å². The van der Waals surface area contributed by atoms with E-state index < -0.39 is 12.1 Å². The summed E-state index contributed by atoms with van der Waals surface area (Å²) in [5, 5.41) is 8.64. The Kier molecular flexibility index (Phi) is 5.31. The molecule has 0 fully saturated rings. The molecule has 0 heterocycles. The van der Waals surface area contributed by atoms with E-state index in [-0.39, 0.29) is 13.2 Å². The van der Waals surface area contributed by atoms with Crippen molar-refractivity contribution in [2.24, 2.45) is 5.73 Å². The number of carboxylic acid groups (broad SMARTS) is 1. The zero-order chi connectivity index (χ0) is 11.8. The lowest BCUT2D eigenvalue weighted by Crippen LogP contribution is -2.33. The molecule has 0 saturated heterocycles. The monoisotopic (exact) mass is 225 g/mol. The fraction of sp³-hybridized carbons (Fsp3) is 0.364. The van der Waals surface area contributed by atoms with Crippen LogP contribution in [-0.2, 0) is 9.53 Å². The number of benzene rings is 1. The van der Waals surface area contributed by atoms with Crippen molar-refractivity contribution in [3.63, 3.8) is 0 Å². The Hall–Kier alpha value is -1.59. The van der Waals surface area contributed by atoms with Gasteiger partial charge in [0.15, 0.2) is 6.10 Å². The fourth-order valence-electron chi connectivity index (χ4n) is 1.11. The summed E-state index contributed by atoms with van der Waals surface area (Å²) in [4.78, 5) is 10.5. The van der Waals surface area contributed by atoms with Crippen LogP contribution in [0.15, 0.2) is 30.3 Å². The average Bonchev–Trinajstić information content (AvgIpc) is 2.30. The molecule has 0 radical (unpaired) electrons. The van der Waals surface area contributed by atoms with Crippen LogP contribution in [0.5, 0.6) is 5.75 Å². The van der Waals surface area contributed by atoms with Crippen molar-refractivity contribution in [3.8, 4) is 5.75 Å². The van der Waals surface area contributed by atoms with Crippen LogP contribution in [0.4, 0.5) is 0 Å². The molecule has 1 unspecified atom stereocenters. The van der Waals surface area contributed by atoms with Gasteiger partial charge in [-0.15, -0.1) is 0 Å². The van der Waals surface area contributed by atoms with Crippen molar-refractivity contribution in [2.75, 3.05) is 19.8 Å². The third-order valence-electron chi connectivity index (χ3n) is 1.90. The molecule has 88 valence electrons. The van der Waals surface area contributed by atoms with E-state index in [9.17, 15) is 4.79 Å². The number of para-hydroxylation sites is 1. The van der Waals surface area contributed by atoms with Crippen molar-refractivity contribution in [1.82, 2.24) is 0 Å². The van der Waals surface area contributed by atoms with Crippen LogP contribution in [0.25, 0.3) is 0 Å². The lowest BCUT2D eigenvalue weighted by Gasteiger charge is -2.11. The van der Waals surface area contributed by atoms with Crippen molar-refractivity contribution < 1.29 is 19.4 Å². The minimum Gasteiger partial charge on any atom is -0.491 e. The number of nitrogens with two attached hydrogens (primary N) is 1. The van der Waals surface area contributed by atoms with Gasteiger partial charge in [0.05, 0.1) is 6.61 Å². The van der Waals surface area contributed by atoms with Crippen molar-refractivity contribution in [1.29, 1.82) is 0 Å². The van der Waals surface area contributed by atoms with E-state index in [2.05, 4.69) is 0 Å². The number of hydrogen-bond acceptors (Lipinski definition) is 4. The lowest BCUT2D eigenvalue weighted by molar-refractivity contribution is -0.150. The fourth-order valence-corrected chi connectivity index (χ4v) is 1.11. The SMILES string of the molecule is NCC(OCCOc1ccccc1)C(=O)O. The molecule has 16 heavy (non-hydrogen) atoms. The lowest BCUT2D eigenvalue weighted by atomic mass is 10.3. The second-order valence-electron chi connectivity index (χ2n) is 3.09. The summed E-state index contributed by atoms with van der Waals surface area (Å²) in [6.45, 7) is 0.456. The summed E-state index contributed by atoms with van der Waals surface area (Å²) in [6.07, 6.45) is -0.959. The Morgan fingerprint density at radius 2 is 2.00 bits per heavy atom. The van der Waals surface area contributed by atoms with Crippen LogP contribution in [-0.4, -0.2) is 36.9 Å². The molecular formula is C11H15NO4. The first kappa shape index (κ1) is 12.5. The van der Waals surface area contributed by atoms with Crippen LogP contribution in [0.1, 0.15) is 0 Å². The van der Waals surface area contributed by atoms with E-state index in [1.807, 2.05) is 30.3 Å². The Bertz CT molecular complexity index is 315. The predicted octanol–water partition coefficient (Wildman–Crippen LogP) is 0.494. The van der Waals surface area contributed by atoms with Crippen LogP contribution in [0, 0.1) is 0 Å². The van der Waals surface area contributed by atoms with E-state index in [0.29, 0.717) is 6.61 Å². The van der Waals surface area contributed by atoms with Gasteiger partial charge in [0.25, 0.3) is 0 Å². The second-order valence-corrected chi connectivity index (χ2v) is 3.09. The van der Waals surface area contributed by atoms with Gasteiger partial charge in [-0.2, -0.15) is 0 Å². The number of ether oxygens (including phenoxy) is 2. The summed E-state index contributed by atoms with van der Waals surface area (Å²) in [6, 6.07) is 9.24. The Morgan fingerprint density at radius 1 is 1.31 bits per heavy atom. The van der Waals surface area contributed by atoms with E-state index in [4.69, 9.17) is 20.3 Å². The molecule has 1 atom stereocenters. The summed E-state index contributed by atoms with van der Waals surface area (Å²) in [7, 11) is 0. The Morgan fingerprint density at radius 3 is 2.56 bits per heavy atom. The molecular weight excluding hydrogens is 210 g/mol. The first-order valence-electron chi connectivity index (χ1n) is 4.96. The van der Waals surface area contributed by atoms with Crippen molar-refractivity contribution in [3.05, 3.63) is 30.3 Å². The van der Waals surface area contributed by atoms with Gasteiger partial charge >= 0.3 is 5.97 Å². The standard InChI is InChI=1S/C11H15NO4/c12-8-10(11(13)14)16-7-6-15-9-4-2-1-3-5-9/h1-5,10H,6-8,12H2,(H,13,14). The van der Waals surface area contributed by atoms with E-state index in [1.54, 1.807) is 0 Å². The summed E-state index contributed by atoms with van der Waals surface area (Å²) < 4.78 is 10.3. The zero-order valence-corrected chi connectivity index (χ0v) is 8.83. The van der Waals surface area contributed by atoms with E-state index >= 15 is 0 Å². The highest BCUT2D eigenvalue weighted by Gasteiger charge is 2.14. The molecule has 0 bridgehead atoms. The number of rotatable bonds is 7. The van der Waals surface area contributed by atoms with Crippen LogP contribution < -0.4 is 10.5 Å². The van der Waals surface area contributed by atoms with Crippen LogP contribution in [0.3, 0.4) is 0 Å². The molecule has 5 nitrogen and oxygen atoms in total. The molecule has 0 aliphatic carbocycles. The smallest absolute Gasteiger partial charge is 0.334 e. The molecule has 1 rings (SSSR count). The van der Waals surface area contributed by atoms with E-state index in [1.165, 1.54) is 0 Å². The minimum atomic E-state index is -1.05. The Labute approximate surface area is 93.8 Å². The number of carbonyl (C=O) groups is 1. The Balaban J connectivity index is 2.19. The maximum atomic E-state index is 10.5. The highest BCUT2D eigenvalue weighted by molar-refractivity contribution is 5.72. The summed E-state index contributed by atoms with van der Waals surface area (Å²) in [5.41, 5.74) is 5.22. The number of hydrogen-bond donors (Lipinski definition) is 2. The molecule has 1 aromatic carbocycles. The number of aliphatic carboxylic acids is 1. The molecule has 0 saturated carbocycles. The summed E-state index contributed by atoms with van der Waals surface area (Å²) >= 11 is 0. The van der Waals surface area contributed by atoms with E-state index in [0.717, 1.165) is 5.75 Å². The van der Waals surface area contributed by atoms with Crippen LogP contribution in [0.2, 0.25) is 0 Å². The van der Waals surface area contributed by atoms with Gasteiger partial charge < -0.3 is 20.3 Å². The van der Waals surface area contributed by atoms with Crippen LogP contribution >= 0.6 is 0 Å². The molecule has 0 amide bonds. The molecule has 5 heteroatoms. The zero-order valence-electron chi connectivity index (χ0n) is 8.83.